The Bertz CT molecular complexity index is 756. The molecule has 0 bridgehead atoms. The predicted molar refractivity (Wildman–Crippen MR) is 120 cm³/mol. The van der Waals surface area contributed by atoms with Crippen LogP contribution in [0.25, 0.3) is 0 Å². The average Bonchev–Trinajstić information content (AvgIpc) is 3.29. The Morgan fingerprint density at radius 3 is 2.00 bits per heavy atom. The fourth-order valence-electron chi connectivity index (χ4n) is 3.44. The first kappa shape index (κ1) is 28.8. The number of carboxylic acid groups (broad SMARTS) is 1. The number of hydrogen-bond donors (Lipinski definition) is 8. The maximum Gasteiger partial charge on any atom is 0.326 e. The van der Waals surface area contributed by atoms with Crippen LogP contribution in [0.1, 0.15) is 51.4 Å². The van der Waals surface area contributed by atoms with Gasteiger partial charge in [-0.2, -0.15) is 0 Å². The first-order valence-electron chi connectivity index (χ1n) is 11.2. The van der Waals surface area contributed by atoms with Crippen molar-refractivity contribution in [1.82, 2.24) is 21.3 Å². The lowest BCUT2D eigenvalue weighted by Gasteiger charge is -2.25. The molecule has 0 saturated carbocycles. The minimum absolute atomic E-state index is 0.219. The molecule has 1 heterocycles. The van der Waals surface area contributed by atoms with E-state index in [0.29, 0.717) is 32.4 Å². The van der Waals surface area contributed by atoms with Crippen LogP contribution in [0.3, 0.4) is 0 Å². The molecule has 1 rings (SSSR count). The third kappa shape index (κ3) is 10.6. The van der Waals surface area contributed by atoms with Crippen LogP contribution in [0.2, 0.25) is 0 Å². The number of nitrogens with one attached hydrogen (secondary N) is 4. The number of unbranched alkanes of at least 4 members (excludes halogenated alkanes) is 1. The summed E-state index contributed by atoms with van der Waals surface area (Å²) in [6, 6.07) is -4.37. The highest BCUT2D eigenvalue weighted by Crippen LogP contribution is 2.08. The largest absolute Gasteiger partial charge is 0.480 e. The highest BCUT2D eigenvalue weighted by Gasteiger charge is 2.31. The minimum atomic E-state index is -1.62. The van der Waals surface area contributed by atoms with E-state index in [9.17, 15) is 33.9 Å². The third-order valence-corrected chi connectivity index (χ3v) is 5.29. The quantitative estimate of drug-likeness (QED) is 0.101. The normalized spacial score (nSPS) is 17.7. The summed E-state index contributed by atoms with van der Waals surface area (Å²) >= 11 is 0. The number of aliphatic carboxylic acids is 1. The molecule has 14 nitrogen and oxygen atoms in total. The molecule has 1 fully saturated rings. The number of carbonyl (C=O) groups is 6. The summed E-state index contributed by atoms with van der Waals surface area (Å²) in [4.78, 5) is 71.9. The highest BCUT2D eigenvalue weighted by molar-refractivity contribution is 5.95. The van der Waals surface area contributed by atoms with Gasteiger partial charge in [0.2, 0.25) is 29.5 Å². The summed E-state index contributed by atoms with van der Waals surface area (Å²) in [5.41, 5.74) is 15.7. The molecule has 0 spiro atoms. The van der Waals surface area contributed by atoms with Gasteiger partial charge < -0.3 is 43.6 Å². The monoisotopic (exact) mass is 485 g/mol. The van der Waals surface area contributed by atoms with Gasteiger partial charge in [-0.3, -0.25) is 24.0 Å². The lowest BCUT2D eigenvalue weighted by Crippen LogP contribution is -2.57. The Kier molecular flexibility index (Phi) is 12.5. The molecular weight excluding hydrogens is 450 g/mol. The molecule has 1 aliphatic heterocycles. The molecule has 11 N–H and O–H groups in total. The molecule has 0 aromatic carbocycles. The van der Waals surface area contributed by atoms with Gasteiger partial charge in [-0.1, -0.05) is 0 Å². The summed E-state index contributed by atoms with van der Waals surface area (Å²) in [6.07, 6.45) is 1.70. The number of amides is 5. The lowest BCUT2D eigenvalue weighted by molar-refractivity contribution is -0.144. The number of carboxylic acids is 1. The molecule has 34 heavy (non-hydrogen) atoms. The van der Waals surface area contributed by atoms with Gasteiger partial charge in [0.1, 0.15) is 18.1 Å². The summed E-state index contributed by atoms with van der Waals surface area (Å²) in [7, 11) is 0. The number of carbonyl (C=O) groups excluding carboxylic acids is 5. The zero-order valence-corrected chi connectivity index (χ0v) is 19.0. The van der Waals surface area contributed by atoms with Gasteiger partial charge in [0.25, 0.3) is 0 Å². The van der Waals surface area contributed by atoms with Crippen molar-refractivity contribution in [2.24, 2.45) is 17.2 Å². The van der Waals surface area contributed by atoms with Gasteiger partial charge in [0.05, 0.1) is 12.5 Å². The Morgan fingerprint density at radius 1 is 0.882 bits per heavy atom. The summed E-state index contributed by atoms with van der Waals surface area (Å²) in [5.74, 6) is -5.16. The van der Waals surface area contributed by atoms with E-state index in [0.717, 1.165) is 6.42 Å². The lowest BCUT2D eigenvalue weighted by atomic mass is 10.0. The predicted octanol–water partition coefficient (Wildman–Crippen LogP) is -3.45. The van der Waals surface area contributed by atoms with Gasteiger partial charge >= 0.3 is 5.97 Å². The van der Waals surface area contributed by atoms with Crippen molar-refractivity contribution < 1.29 is 33.9 Å². The SMILES string of the molecule is NCCCCC(NC(=O)C1CCCN1)C(=O)NC(CCC(N)=O)C(=O)NC(CC(N)=O)C(=O)O. The van der Waals surface area contributed by atoms with Gasteiger partial charge in [-0.25, -0.2) is 4.79 Å². The Morgan fingerprint density at radius 2 is 1.50 bits per heavy atom. The number of primary amides is 2. The maximum atomic E-state index is 13.0. The van der Waals surface area contributed by atoms with Gasteiger partial charge in [0, 0.05) is 6.42 Å². The molecule has 0 aromatic heterocycles. The van der Waals surface area contributed by atoms with Gasteiger partial charge in [-0.05, 0) is 51.6 Å². The van der Waals surface area contributed by atoms with Crippen molar-refractivity contribution >= 4 is 35.5 Å². The fourth-order valence-corrected chi connectivity index (χ4v) is 3.44. The van der Waals surface area contributed by atoms with Crippen molar-refractivity contribution in [2.45, 2.75) is 75.5 Å². The van der Waals surface area contributed by atoms with Crippen LogP contribution in [0.15, 0.2) is 0 Å². The minimum Gasteiger partial charge on any atom is -0.480 e. The van der Waals surface area contributed by atoms with E-state index in [4.69, 9.17) is 17.2 Å². The van der Waals surface area contributed by atoms with Crippen molar-refractivity contribution in [3.8, 4) is 0 Å². The van der Waals surface area contributed by atoms with Crippen LogP contribution < -0.4 is 38.5 Å². The first-order chi connectivity index (χ1) is 16.0. The molecule has 4 unspecified atom stereocenters. The molecular formula is C20H35N7O7. The summed E-state index contributed by atoms with van der Waals surface area (Å²) in [6.45, 7) is 1.08. The van der Waals surface area contributed by atoms with Crippen LogP contribution in [0, 0.1) is 0 Å². The molecule has 4 atom stereocenters. The second kappa shape index (κ2) is 14.8. The average molecular weight is 486 g/mol. The zero-order valence-electron chi connectivity index (χ0n) is 19.0. The Labute approximate surface area is 197 Å². The Hall–Kier alpha value is -3.26. The van der Waals surface area contributed by atoms with Crippen LogP contribution in [-0.4, -0.2) is 77.9 Å². The van der Waals surface area contributed by atoms with E-state index in [1.165, 1.54) is 0 Å². The highest BCUT2D eigenvalue weighted by atomic mass is 16.4. The number of hydrogen-bond acceptors (Lipinski definition) is 8. The zero-order chi connectivity index (χ0) is 25.7. The number of rotatable bonds is 16. The second-order valence-electron chi connectivity index (χ2n) is 8.13. The van der Waals surface area contributed by atoms with E-state index in [-0.39, 0.29) is 25.2 Å². The Balaban J connectivity index is 2.95. The van der Waals surface area contributed by atoms with E-state index >= 15 is 0 Å². The van der Waals surface area contributed by atoms with Crippen molar-refractivity contribution in [2.75, 3.05) is 13.1 Å². The molecule has 0 radical (unpaired) electrons. The third-order valence-electron chi connectivity index (χ3n) is 5.29. The molecule has 5 amide bonds. The standard InChI is InChI=1S/C20H35N7O7/c21-8-2-1-4-12(25-17(30)11-5-3-9-24-11)18(31)26-13(6-7-15(22)28)19(32)27-14(20(33)34)10-16(23)29/h11-14,24H,1-10,21H2,(H2,22,28)(H2,23,29)(H,25,30)(H,26,31)(H,27,32)(H,33,34). The first-order valence-corrected chi connectivity index (χ1v) is 11.2. The van der Waals surface area contributed by atoms with Gasteiger partial charge in [0.15, 0.2) is 0 Å². The van der Waals surface area contributed by atoms with E-state index in [1.807, 2.05) is 0 Å². The van der Waals surface area contributed by atoms with E-state index < -0.39 is 60.2 Å². The van der Waals surface area contributed by atoms with Crippen LogP contribution in [0.5, 0.6) is 0 Å². The fraction of sp³-hybridized carbons (Fsp3) is 0.700. The van der Waals surface area contributed by atoms with Gasteiger partial charge in [-0.15, -0.1) is 0 Å². The molecule has 0 aliphatic carbocycles. The topological polar surface area (TPSA) is 249 Å². The van der Waals surface area contributed by atoms with Crippen LogP contribution >= 0.6 is 0 Å². The van der Waals surface area contributed by atoms with Crippen LogP contribution in [0.4, 0.5) is 0 Å². The molecule has 0 aromatic rings. The summed E-state index contributed by atoms with van der Waals surface area (Å²) < 4.78 is 0. The van der Waals surface area contributed by atoms with E-state index in [1.54, 1.807) is 0 Å². The van der Waals surface area contributed by atoms with E-state index in [2.05, 4.69) is 21.3 Å². The van der Waals surface area contributed by atoms with Crippen molar-refractivity contribution in [1.29, 1.82) is 0 Å². The molecule has 14 heteroatoms. The van der Waals surface area contributed by atoms with Crippen molar-refractivity contribution in [3.05, 3.63) is 0 Å². The molecule has 1 aliphatic rings. The summed E-state index contributed by atoms with van der Waals surface area (Å²) in [5, 5.41) is 19.5. The number of nitrogens with two attached hydrogens (primary N) is 3. The molecule has 1 saturated heterocycles. The second-order valence-corrected chi connectivity index (χ2v) is 8.13. The molecule has 192 valence electrons. The van der Waals surface area contributed by atoms with Crippen molar-refractivity contribution in [3.63, 3.8) is 0 Å². The smallest absolute Gasteiger partial charge is 0.326 e. The van der Waals surface area contributed by atoms with Crippen LogP contribution in [-0.2, 0) is 28.8 Å². The maximum absolute atomic E-state index is 13.0.